The number of hydrogen-bond acceptors (Lipinski definition) is 4. The number of aliphatic carboxylic acids is 1. The summed E-state index contributed by atoms with van der Waals surface area (Å²) in [6, 6.07) is 4.86. The van der Waals surface area contributed by atoms with Crippen LogP contribution in [0.1, 0.15) is 20.9 Å². The number of nitrogens with zero attached hydrogens (tertiary/aromatic N) is 2. The number of alkyl halides is 3. The summed E-state index contributed by atoms with van der Waals surface area (Å²) in [5.41, 5.74) is 0.704. The lowest BCUT2D eigenvalue weighted by atomic mass is 10.1. The van der Waals surface area contributed by atoms with Crippen LogP contribution in [0.25, 0.3) is 10.2 Å². The Morgan fingerprint density at radius 1 is 1.29 bits per heavy atom. The van der Waals surface area contributed by atoms with Gasteiger partial charge in [0.15, 0.2) is 0 Å². The summed E-state index contributed by atoms with van der Waals surface area (Å²) in [5.74, 6) is -2.15. The SMILES string of the molecule is Cc1cc2c(cc(C(=O)NC(Cc3ccncc3)C(=O)O)n2CC(F)(F)F)s1. The van der Waals surface area contributed by atoms with Crippen LogP contribution in [0.4, 0.5) is 13.2 Å². The van der Waals surface area contributed by atoms with Gasteiger partial charge in [0.2, 0.25) is 0 Å². The minimum absolute atomic E-state index is 0.0168. The fraction of sp³-hybridized carbons (Fsp3) is 0.278. The Morgan fingerprint density at radius 3 is 2.57 bits per heavy atom. The Bertz CT molecular complexity index is 1010. The maximum absolute atomic E-state index is 13.0. The number of halogens is 3. The number of pyridine rings is 1. The van der Waals surface area contributed by atoms with Gasteiger partial charge in [-0.25, -0.2) is 4.79 Å². The van der Waals surface area contributed by atoms with E-state index in [0.717, 1.165) is 9.44 Å². The van der Waals surface area contributed by atoms with Gasteiger partial charge in [-0.05, 0) is 36.8 Å². The normalized spacial score (nSPS) is 12.9. The number of amides is 1. The minimum atomic E-state index is -4.53. The van der Waals surface area contributed by atoms with E-state index in [4.69, 9.17) is 0 Å². The number of carbonyl (C=O) groups is 2. The lowest BCUT2D eigenvalue weighted by Gasteiger charge is -2.17. The molecule has 1 amide bonds. The highest BCUT2D eigenvalue weighted by atomic mass is 32.1. The van der Waals surface area contributed by atoms with Crippen LogP contribution in [0.15, 0.2) is 36.7 Å². The Morgan fingerprint density at radius 2 is 1.96 bits per heavy atom. The van der Waals surface area contributed by atoms with E-state index in [2.05, 4.69) is 10.3 Å². The first kappa shape index (κ1) is 19.9. The second kappa shape index (κ2) is 7.63. The van der Waals surface area contributed by atoms with E-state index < -0.39 is 30.6 Å². The Hall–Kier alpha value is -2.88. The molecule has 6 nitrogen and oxygen atoms in total. The summed E-state index contributed by atoms with van der Waals surface area (Å²) in [5, 5.41) is 11.7. The molecule has 0 saturated carbocycles. The van der Waals surface area contributed by atoms with E-state index >= 15 is 0 Å². The highest BCUT2D eigenvalue weighted by Gasteiger charge is 2.32. The van der Waals surface area contributed by atoms with Crippen LogP contribution in [-0.2, 0) is 17.8 Å². The molecule has 2 N–H and O–H groups in total. The van der Waals surface area contributed by atoms with E-state index in [1.165, 1.54) is 29.8 Å². The van der Waals surface area contributed by atoms with Gasteiger partial charge in [-0.1, -0.05) is 0 Å². The molecule has 3 rings (SSSR count). The van der Waals surface area contributed by atoms with E-state index in [-0.39, 0.29) is 12.1 Å². The van der Waals surface area contributed by atoms with Crippen molar-refractivity contribution in [3.8, 4) is 0 Å². The number of fused-ring (bicyclic) bond motifs is 1. The molecular formula is C18H16F3N3O3S. The number of aromatic nitrogens is 2. The first-order chi connectivity index (χ1) is 13.1. The molecule has 0 aliphatic rings. The number of rotatable bonds is 6. The highest BCUT2D eigenvalue weighted by Crippen LogP contribution is 2.31. The van der Waals surface area contributed by atoms with Crippen LogP contribution in [0.2, 0.25) is 0 Å². The number of carbonyl (C=O) groups excluding carboxylic acids is 1. The van der Waals surface area contributed by atoms with Gasteiger partial charge in [-0.2, -0.15) is 13.2 Å². The van der Waals surface area contributed by atoms with Gasteiger partial charge in [0.1, 0.15) is 18.3 Å². The molecule has 1 unspecified atom stereocenters. The molecule has 3 heterocycles. The zero-order chi connectivity index (χ0) is 20.5. The summed E-state index contributed by atoms with van der Waals surface area (Å²) in [7, 11) is 0. The van der Waals surface area contributed by atoms with Gasteiger partial charge in [0.25, 0.3) is 5.91 Å². The van der Waals surface area contributed by atoms with Crippen molar-refractivity contribution in [2.24, 2.45) is 0 Å². The quantitative estimate of drug-likeness (QED) is 0.651. The highest BCUT2D eigenvalue weighted by molar-refractivity contribution is 7.19. The van der Waals surface area contributed by atoms with Crippen molar-refractivity contribution in [3.63, 3.8) is 0 Å². The number of hydrogen-bond donors (Lipinski definition) is 2. The molecule has 3 aromatic heterocycles. The lowest BCUT2D eigenvalue weighted by Crippen LogP contribution is -2.43. The number of carboxylic acid groups (broad SMARTS) is 1. The van der Waals surface area contributed by atoms with E-state index in [0.29, 0.717) is 15.8 Å². The fourth-order valence-corrected chi connectivity index (χ4v) is 3.85. The van der Waals surface area contributed by atoms with Gasteiger partial charge in [-0.3, -0.25) is 9.78 Å². The van der Waals surface area contributed by atoms with Gasteiger partial charge in [0.05, 0.1) is 10.2 Å². The third-order valence-electron chi connectivity index (χ3n) is 4.08. The van der Waals surface area contributed by atoms with Crippen molar-refractivity contribution in [1.82, 2.24) is 14.9 Å². The van der Waals surface area contributed by atoms with Gasteiger partial charge < -0.3 is 15.0 Å². The van der Waals surface area contributed by atoms with Crippen LogP contribution < -0.4 is 5.32 Å². The Kier molecular flexibility index (Phi) is 5.41. The van der Waals surface area contributed by atoms with Gasteiger partial charge in [0, 0.05) is 23.7 Å². The minimum Gasteiger partial charge on any atom is -0.480 e. The van der Waals surface area contributed by atoms with Crippen molar-refractivity contribution in [2.75, 3.05) is 0 Å². The number of nitrogens with one attached hydrogen (secondary N) is 1. The summed E-state index contributed by atoms with van der Waals surface area (Å²) in [6.07, 6.45) is -1.57. The number of carboxylic acids is 1. The molecule has 0 fully saturated rings. The summed E-state index contributed by atoms with van der Waals surface area (Å²) < 4.78 is 40.5. The zero-order valence-corrected chi connectivity index (χ0v) is 15.5. The maximum Gasteiger partial charge on any atom is 0.406 e. The molecule has 0 aliphatic carbocycles. The Balaban J connectivity index is 1.90. The largest absolute Gasteiger partial charge is 0.480 e. The topological polar surface area (TPSA) is 84.2 Å². The predicted octanol–water partition coefficient (Wildman–Crippen LogP) is 3.39. The smallest absolute Gasteiger partial charge is 0.406 e. The molecule has 0 radical (unpaired) electrons. The second-order valence-corrected chi connectivity index (χ2v) is 7.55. The average molecular weight is 411 g/mol. The van der Waals surface area contributed by atoms with Crippen molar-refractivity contribution < 1.29 is 27.9 Å². The molecule has 10 heteroatoms. The molecule has 1 atom stereocenters. The average Bonchev–Trinajstić information content (AvgIpc) is 3.11. The molecule has 0 aliphatic heterocycles. The van der Waals surface area contributed by atoms with E-state index in [9.17, 15) is 27.9 Å². The summed E-state index contributed by atoms with van der Waals surface area (Å²) in [4.78, 5) is 28.8. The molecule has 0 spiro atoms. The van der Waals surface area contributed by atoms with Crippen LogP contribution in [0.5, 0.6) is 0 Å². The second-order valence-electron chi connectivity index (χ2n) is 6.26. The third kappa shape index (κ3) is 4.50. The predicted molar refractivity (Wildman–Crippen MR) is 97.4 cm³/mol. The van der Waals surface area contributed by atoms with Crippen molar-refractivity contribution in [2.45, 2.75) is 32.1 Å². The first-order valence-corrected chi connectivity index (χ1v) is 9.04. The third-order valence-corrected chi connectivity index (χ3v) is 5.06. The van der Waals surface area contributed by atoms with E-state index in [1.54, 1.807) is 25.1 Å². The van der Waals surface area contributed by atoms with E-state index in [1.807, 2.05) is 0 Å². The molecular weight excluding hydrogens is 395 g/mol. The monoisotopic (exact) mass is 411 g/mol. The number of thiophene rings is 1. The van der Waals surface area contributed by atoms with Crippen molar-refractivity contribution >= 4 is 33.4 Å². The van der Waals surface area contributed by atoms with Crippen molar-refractivity contribution in [1.29, 1.82) is 0 Å². The van der Waals surface area contributed by atoms with Crippen LogP contribution in [0, 0.1) is 6.92 Å². The standard InChI is InChI=1S/C18H16F3N3O3S/c1-10-6-13-15(28-10)8-14(24(13)9-18(19,20)21)16(25)23-12(17(26)27)7-11-2-4-22-5-3-11/h2-6,8,12H,7,9H2,1H3,(H,23,25)(H,26,27). The van der Waals surface area contributed by atoms with Gasteiger partial charge in [-0.15, -0.1) is 11.3 Å². The number of aryl methyl sites for hydroxylation is 1. The molecule has 3 aromatic rings. The molecule has 148 valence electrons. The van der Waals surface area contributed by atoms with Gasteiger partial charge >= 0.3 is 12.1 Å². The maximum atomic E-state index is 13.0. The Labute approximate surface area is 161 Å². The zero-order valence-electron chi connectivity index (χ0n) is 14.7. The molecule has 0 saturated heterocycles. The van der Waals surface area contributed by atoms with Crippen LogP contribution >= 0.6 is 11.3 Å². The summed E-state index contributed by atoms with van der Waals surface area (Å²) in [6.45, 7) is 0.426. The lowest BCUT2D eigenvalue weighted by molar-refractivity contribution is -0.141. The molecule has 28 heavy (non-hydrogen) atoms. The van der Waals surface area contributed by atoms with Crippen LogP contribution in [0.3, 0.4) is 0 Å². The fourth-order valence-electron chi connectivity index (χ4n) is 2.89. The molecule has 0 aromatic carbocycles. The summed E-state index contributed by atoms with van der Waals surface area (Å²) >= 11 is 1.27. The van der Waals surface area contributed by atoms with Crippen molar-refractivity contribution in [3.05, 3.63) is 52.8 Å². The molecule has 0 bridgehead atoms. The first-order valence-electron chi connectivity index (χ1n) is 8.23. The van der Waals surface area contributed by atoms with Crippen LogP contribution in [-0.4, -0.2) is 38.8 Å².